The molecule has 0 aliphatic heterocycles. The highest BCUT2D eigenvalue weighted by Crippen LogP contribution is 1.97. The number of carboxylic acids is 1. The zero-order valence-electron chi connectivity index (χ0n) is 9.77. The molecule has 0 spiro atoms. The summed E-state index contributed by atoms with van der Waals surface area (Å²) >= 11 is 0. The van der Waals surface area contributed by atoms with Crippen LogP contribution in [0.3, 0.4) is 0 Å². The van der Waals surface area contributed by atoms with E-state index in [1.807, 2.05) is 0 Å². The van der Waals surface area contributed by atoms with Crippen LogP contribution in [0, 0.1) is 0 Å². The monoisotopic (exact) mass is 233 g/mol. The Labute approximate surface area is 95.1 Å². The van der Waals surface area contributed by atoms with E-state index in [4.69, 9.17) is 14.6 Å². The first kappa shape index (κ1) is 14.9. The molecule has 1 amide bonds. The van der Waals surface area contributed by atoms with Gasteiger partial charge in [0.15, 0.2) is 0 Å². The van der Waals surface area contributed by atoms with E-state index < -0.39 is 5.97 Å². The fourth-order valence-electron chi connectivity index (χ4n) is 1.14. The molecule has 0 heterocycles. The van der Waals surface area contributed by atoms with Gasteiger partial charge in [-0.2, -0.15) is 0 Å². The van der Waals surface area contributed by atoms with Crippen LogP contribution < -0.4 is 0 Å². The topological polar surface area (TPSA) is 76.1 Å². The normalized spacial score (nSPS) is 10.1. The fourth-order valence-corrected chi connectivity index (χ4v) is 1.14. The SMILES string of the molecule is COCCC(=O)N(CCOC)CCC(=O)O. The molecule has 0 saturated heterocycles. The van der Waals surface area contributed by atoms with Gasteiger partial charge in [-0.1, -0.05) is 0 Å². The molecule has 0 aliphatic carbocycles. The third-order valence-electron chi connectivity index (χ3n) is 2.03. The van der Waals surface area contributed by atoms with E-state index in [0.29, 0.717) is 19.8 Å². The maximum Gasteiger partial charge on any atom is 0.305 e. The molecule has 0 aliphatic rings. The summed E-state index contributed by atoms with van der Waals surface area (Å²) in [5.41, 5.74) is 0. The number of carbonyl (C=O) groups is 2. The van der Waals surface area contributed by atoms with E-state index in [1.54, 1.807) is 0 Å². The van der Waals surface area contributed by atoms with Gasteiger partial charge < -0.3 is 19.5 Å². The van der Waals surface area contributed by atoms with Crippen molar-refractivity contribution < 1.29 is 24.2 Å². The number of methoxy groups -OCH3 is 2. The molecule has 0 unspecified atom stereocenters. The van der Waals surface area contributed by atoms with E-state index in [1.165, 1.54) is 19.1 Å². The van der Waals surface area contributed by atoms with Crippen molar-refractivity contribution in [1.82, 2.24) is 4.90 Å². The fraction of sp³-hybridized carbons (Fsp3) is 0.800. The zero-order valence-corrected chi connectivity index (χ0v) is 9.77. The minimum absolute atomic E-state index is 0.0531. The van der Waals surface area contributed by atoms with Gasteiger partial charge in [-0.25, -0.2) is 0 Å². The molecule has 0 aromatic rings. The summed E-state index contributed by atoms with van der Waals surface area (Å²) in [6, 6.07) is 0. The van der Waals surface area contributed by atoms with E-state index in [-0.39, 0.29) is 25.3 Å². The molecule has 0 aromatic carbocycles. The van der Waals surface area contributed by atoms with E-state index in [2.05, 4.69) is 0 Å². The van der Waals surface area contributed by atoms with Crippen LogP contribution >= 0.6 is 0 Å². The molecule has 16 heavy (non-hydrogen) atoms. The highest BCUT2D eigenvalue weighted by Gasteiger charge is 2.13. The number of hydrogen-bond donors (Lipinski definition) is 1. The van der Waals surface area contributed by atoms with Crippen LogP contribution in [-0.4, -0.2) is 62.4 Å². The van der Waals surface area contributed by atoms with E-state index in [9.17, 15) is 9.59 Å². The van der Waals surface area contributed by atoms with E-state index in [0.717, 1.165) is 0 Å². The highest BCUT2D eigenvalue weighted by molar-refractivity contribution is 5.77. The molecule has 1 N–H and O–H groups in total. The van der Waals surface area contributed by atoms with Crippen molar-refractivity contribution in [3.63, 3.8) is 0 Å². The van der Waals surface area contributed by atoms with Gasteiger partial charge >= 0.3 is 5.97 Å². The lowest BCUT2D eigenvalue weighted by Gasteiger charge is -2.21. The summed E-state index contributed by atoms with van der Waals surface area (Å²) in [6.07, 6.45) is 0.211. The Morgan fingerprint density at radius 2 is 1.69 bits per heavy atom. The number of amides is 1. The molecule has 0 rings (SSSR count). The summed E-state index contributed by atoms with van der Waals surface area (Å²) in [5.74, 6) is -1.03. The lowest BCUT2D eigenvalue weighted by molar-refractivity contribution is -0.139. The van der Waals surface area contributed by atoms with Crippen molar-refractivity contribution in [2.24, 2.45) is 0 Å². The molecule has 0 aromatic heterocycles. The van der Waals surface area contributed by atoms with Gasteiger partial charge in [-0.15, -0.1) is 0 Å². The number of ether oxygens (including phenoxy) is 2. The van der Waals surface area contributed by atoms with Crippen molar-refractivity contribution in [3.8, 4) is 0 Å². The molecule has 0 fully saturated rings. The van der Waals surface area contributed by atoms with Gasteiger partial charge in [0.25, 0.3) is 0 Å². The van der Waals surface area contributed by atoms with Crippen LogP contribution in [0.2, 0.25) is 0 Å². The van der Waals surface area contributed by atoms with Crippen molar-refractivity contribution in [2.75, 3.05) is 40.5 Å². The number of nitrogens with zero attached hydrogens (tertiary/aromatic N) is 1. The van der Waals surface area contributed by atoms with Crippen molar-refractivity contribution in [2.45, 2.75) is 12.8 Å². The summed E-state index contributed by atoms with van der Waals surface area (Å²) in [6.45, 7) is 1.36. The van der Waals surface area contributed by atoms with Crippen molar-refractivity contribution in [1.29, 1.82) is 0 Å². The lowest BCUT2D eigenvalue weighted by Crippen LogP contribution is -2.36. The van der Waals surface area contributed by atoms with Crippen LogP contribution in [0.25, 0.3) is 0 Å². The Hall–Kier alpha value is -1.14. The smallest absolute Gasteiger partial charge is 0.305 e. The average molecular weight is 233 g/mol. The van der Waals surface area contributed by atoms with Crippen molar-refractivity contribution in [3.05, 3.63) is 0 Å². The highest BCUT2D eigenvalue weighted by atomic mass is 16.5. The van der Waals surface area contributed by atoms with Gasteiger partial charge in [0.05, 0.1) is 26.1 Å². The third-order valence-corrected chi connectivity index (χ3v) is 2.03. The zero-order chi connectivity index (χ0) is 12.4. The summed E-state index contributed by atoms with van der Waals surface area (Å²) < 4.78 is 9.66. The second kappa shape index (κ2) is 9.11. The summed E-state index contributed by atoms with van der Waals surface area (Å²) in [7, 11) is 3.05. The number of rotatable bonds is 9. The Morgan fingerprint density at radius 3 is 2.19 bits per heavy atom. The maximum atomic E-state index is 11.6. The van der Waals surface area contributed by atoms with Crippen molar-refractivity contribution >= 4 is 11.9 Å². The first-order valence-electron chi connectivity index (χ1n) is 5.09. The van der Waals surface area contributed by atoms with Crippen LogP contribution in [0.4, 0.5) is 0 Å². The first-order valence-corrected chi connectivity index (χ1v) is 5.09. The molecule has 6 nitrogen and oxygen atoms in total. The van der Waals surface area contributed by atoms with Crippen LogP contribution in [0.15, 0.2) is 0 Å². The molecule has 0 atom stereocenters. The second-order valence-corrected chi connectivity index (χ2v) is 3.26. The molecule has 0 radical (unpaired) electrons. The van der Waals surface area contributed by atoms with Gasteiger partial charge in [0, 0.05) is 27.3 Å². The molecule has 6 heteroatoms. The standard InChI is InChI=1S/C10H19NO5/c1-15-7-4-9(12)11(6-8-16-2)5-3-10(13)14/h3-8H2,1-2H3,(H,13,14). The average Bonchev–Trinajstić information content (AvgIpc) is 2.25. The third kappa shape index (κ3) is 7.19. The van der Waals surface area contributed by atoms with Gasteiger partial charge in [0.2, 0.25) is 5.91 Å². The maximum absolute atomic E-state index is 11.6. The predicted octanol–water partition coefficient (Wildman–Crippen LogP) is -0.0274. The largest absolute Gasteiger partial charge is 0.481 e. The minimum Gasteiger partial charge on any atom is -0.481 e. The number of carbonyl (C=O) groups excluding carboxylic acids is 1. The quantitative estimate of drug-likeness (QED) is 0.605. The Kier molecular flexibility index (Phi) is 8.46. The number of carboxylic acid groups (broad SMARTS) is 1. The predicted molar refractivity (Wildman–Crippen MR) is 57.2 cm³/mol. The Bertz CT molecular complexity index is 219. The molecule has 0 bridgehead atoms. The minimum atomic E-state index is -0.915. The molecule has 94 valence electrons. The molecule has 0 saturated carbocycles. The van der Waals surface area contributed by atoms with Gasteiger partial charge in [-0.3, -0.25) is 9.59 Å². The number of aliphatic carboxylic acids is 1. The van der Waals surface area contributed by atoms with Gasteiger partial charge in [-0.05, 0) is 0 Å². The van der Waals surface area contributed by atoms with E-state index >= 15 is 0 Å². The first-order chi connectivity index (χ1) is 7.61. The summed E-state index contributed by atoms with van der Waals surface area (Å²) in [5, 5.41) is 8.55. The lowest BCUT2D eigenvalue weighted by atomic mass is 10.3. The Morgan fingerprint density at radius 1 is 1.06 bits per heavy atom. The summed E-state index contributed by atoms with van der Waals surface area (Å²) in [4.78, 5) is 23.5. The molecular weight excluding hydrogens is 214 g/mol. The Balaban J connectivity index is 4.06. The number of hydrogen-bond acceptors (Lipinski definition) is 4. The van der Waals surface area contributed by atoms with Crippen LogP contribution in [0.5, 0.6) is 0 Å². The molecular formula is C10H19NO5. The van der Waals surface area contributed by atoms with Crippen LogP contribution in [0.1, 0.15) is 12.8 Å². The second-order valence-electron chi connectivity index (χ2n) is 3.26. The van der Waals surface area contributed by atoms with Gasteiger partial charge in [0.1, 0.15) is 0 Å². The van der Waals surface area contributed by atoms with Crippen LogP contribution in [-0.2, 0) is 19.1 Å².